The number of fused-ring (bicyclic) bond motifs is 1. The molecule has 1 heteroatoms. The molecular weight excluding hydrogens is 146 g/mol. The van der Waals surface area contributed by atoms with Crippen LogP contribution in [0.25, 0.3) is 0 Å². The van der Waals surface area contributed by atoms with Gasteiger partial charge >= 0.3 is 0 Å². The molecule has 2 fully saturated rings. The molecule has 68 valence electrons. The van der Waals surface area contributed by atoms with E-state index in [4.69, 9.17) is 0 Å². The summed E-state index contributed by atoms with van der Waals surface area (Å²) in [5.41, 5.74) is 1.45. The van der Waals surface area contributed by atoms with Crippen molar-refractivity contribution in [3.63, 3.8) is 0 Å². The third-order valence-electron chi connectivity index (χ3n) is 3.53. The Labute approximate surface area is 75.2 Å². The Morgan fingerprint density at radius 1 is 1.42 bits per heavy atom. The van der Waals surface area contributed by atoms with Crippen molar-refractivity contribution in [3.8, 4) is 0 Å². The summed E-state index contributed by atoms with van der Waals surface area (Å²) in [5, 5.41) is 3.46. The fourth-order valence-electron chi connectivity index (χ4n) is 2.66. The maximum absolute atomic E-state index is 4.17. The molecule has 3 atom stereocenters. The van der Waals surface area contributed by atoms with Crippen LogP contribution in [0.4, 0.5) is 0 Å². The van der Waals surface area contributed by atoms with Crippen molar-refractivity contribution in [2.75, 3.05) is 13.1 Å². The molecule has 0 spiro atoms. The van der Waals surface area contributed by atoms with E-state index >= 15 is 0 Å². The summed E-state index contributed by atoms with van der Waals surface area (Å²) in [6, 6.07) is 0. The van der Waals surface area contributed by atoms with E-state index in [0.717, 1.165) is 24.3 Å². The molecule has 1 N–H and O–H groups in total. The molecule has 2 rings (SSSR count). The minimum atomic E-state index is 0.857. The van der Waals surface area contributed by atoms with Gasteiger partial charge in [-0.25, -0.2) is 0 Å². The molecule has 2 aliphatic rings. The predicted molar refractivity (Wildman–Crippen MR) is 52.0 cm³/mol. The highest BCUT2D eigenvalue weighted by atomic mass is 14.9. The van der Waals surface area contributed by atoms with Crippen LogP contribution < -0.4 is 5.32 Å². The molecule has 1 saturated carbocycles. The summed E-state index contributed by atoms with van der Waals surface area (Å²) in [4.78, 5) is 0. The van der Waals surface area contributed by atoms with Crippen molar-refractivity contribution < 1.29 is 0 Å². The minimum Gasteiger partial charge on any atom is -0.313 e. The van der Waals surface area contributed by atoms with E-state index < -0.39 is 0 Å². The van der Waals surface area contributed by atoms with Gasteiger partial charge in [0, 0.05) is 6.54 Å². The van der Waals surface area contributed by atoms with E-state index in [2.05, 4.69) is 18.8 Å². The molecular formula is C11H19N. The van der Waals surface area contributed by atoms with Gasteiger partial charge in [-0.15, -0.1) is 0 Å². The fourth-order valence-corrected chi connectivity index (χ4v) is 2.66. The molecule has 0 amide bonds. The van der Waals surface area contributed by atoms with Crippen LogP contribution in [0.5, 0.6) is 0 Å². The van der Waals surface area contributed by atoms with Crippen LogP contribution >= 0.6 is 0 Å². The predicted octanol–water partition coefficient (Wildman–Crippen LogP) is 2.20. The zero-order valence-electron chi connectivity index (χ0n) is 7.97. The van der Waals surface area contributed by atoms with Gasteiger partial charge in [0.15, 0.2) is 0 Å². The van der Waals surface area contributed by atoms with Crippen molar-refractivity contribution in [1.29, 1.82) is 0 Å². The Morgan fingerprint density at radius 2 is 2.25 bits per heavy atom. The average Bonchev–Trinajstić information content (AvgIpc) is 2.64. The molecule has 0 aromatic heterocycles. The van der Waals surface area contributed by atoms with Crippen molar-refractivity contribution in [2.45, 2.75) is 26.2 Å². The van der Waals surface area contributed by atoms with E-state index in [-0.39, 0.29) is 0 Å². The highest BCUT2D eigenvalue weighted by molar-refractivity contribution is 5.16. The Kier molecular flexibility index (Phi) is 2.22. The van der Waals surface area contributed by atoms with Gasteiger partial charge in [-0.2, -0.15) is 0 Å². The van der Waals surface area contributed by atoms with E-state index in [0.29, 0.717) is 0 Å². The number of hydrogen-bond acceptors (Lipinski definition) is 1. The van der Waals surface area contributed by atoms with Crippen molar-refractivity contribution in [1.82, 2.24) is 5.32 Å². The molecule has 0 aromatic rings. The molecule has 12 heavy (non-hydrogen) atoms. The van der Waals surface area contributed by atoms with Gasteiger partial charge < -0.3 is 5.32 Å². The molecule has 1 nitrogen and oxygen atoms in total. The van der Waals surface area contributed by atoms with Crippen LogP contribution in [0.15, 0.2) is 12.2 Å². The largest absolute Gasteiger partial charge is 0.313 e. The SMILES string of the molecule is C=C1CNCCCCC2C(C)C12. The fraction of sp³-hybridized carbons (Fsp3) is 0.818. The first-order chi connectivity index (χ1) is 5.80. The van der Waals surface area contributed by atoms with E-state index in [1.165, 1.54) is 31.4 Å². The van der Waals surface area contributed by atoms with Gasteiger partial charge in [0.05, 0.1) is 0 Å². The first-order valence-corrected chi connectivity index (χ1v) is 5.19. The Balaban J connectivity index is 1.96. The summed E-state index contributed by atoms with van der Waals surface area (Å²) in [6.45, 7) is 8.79. The maximum atomic E-state index is 4.17. The van der Waals surface area contributed by atoms with Crippen LogP contribution in [-0.2, 0) is 0 Å². The molecule has 1 aliphatic carbocycles. The highest BCUT2D eigenvalue weighted by Gasteiger charge is 2.46. The molecule has 1 aliphatic heterocycles. The molecule has 3 unspecified atom stereocenters. The smallest absolute Gasteiger partial charge is 0.0164 e. The zero-order valence-corrected chi connectivity index (χ0v) is 7.97. The Morgan fingerprint density at radius 3 is 3.08 bits per heavy atom. The second kappa shape index (κ2) is 3.21. The van der Waals surface area contributed by atoms with Crippen LogP contribution in [0.2, 0.25) is 0 Å². The quantitative estimate of drug-likeness (QED) is 0.543. The zero-order chi connectivity index (χ0) is 8.55. The first-order valence-electron chi connectivity index (χ1n) is 5.19. The summed E-state index contributed by atoms with van der Waals surface area (Å²) < 4.78 is 0. The third kappa shape index (κ3) is 1.42. The first kappa shape index (κ1) is 8.31. The number of rotatable bonds is 0. The standard InChI is InChI=1S/C11H19N/c1-8-7-12-6-4-3-5-10-9(2)11(8)10/h9-12H,1,3-7H2,2H3. The highest BCUT2D eigenvalue weighted by Crippen LogP contribution is 2.52. The van der Waals surface area contributed by atoms with Gasteiger partial charge in [0.1, 0.15) is 0 Å². The van der Waals surface area contributed by atoms with Crippen molar-refractivity contribution >= 4 is 0 Å². The summed E-state index contributed by atoms with van der Waals surface area (Å²) in [7, 11) is 0. The maximum Gasteiger partial charge on any atom is 0.0164 e. The molecule has 0 radical (unpaired) electrons. The summed E-state index contributed by atoms with van der Waals surface area (Å²) >= 11 is 0. The number of nitrogens with one attached hydrogen (secondary N) is 1. The van der Waals surface area contributed by atoms with Crippen molar-refractivity contribution in [3.05, 3.63) is 12.2 Å². The van der Waals surface area contributed by atoms with Crippen LogP contribution in [0.3, 0.4) is 0 Å². The van der Waals surface area contributed by atoms with Crippen LogP contribution in [0.1, 0.15) is 26.2 Å². The van der Waals surface area contributed by atoms with Gasteiger partial charge in [0.2, 0.25) is 0 Å². The van der Waals surface area contributed by atoms with Gasteiger partial charge in [-0.05, 0) is 37.1 Å². The normalized spacial score (nSPS) is 42.4. The van der Waals surface area contributed by atoms with Crippen LogP contribution in [0, 0.1) is 17.8 Å². The lowest BCUT2D eigenvalue weighted by molar-refractivity contribution is 0.584. The van der Waals surface area contributed by atoms with Crippen molar-refractivity contribution in [2.24, 2.45) is 17.8 Å². The lowest BCUT2D eigenvalue weighted by Gasteiger charge is -2.04. The number of hydrogen-bond donors (Lipinski definition) is 1. The van der Waals surface area contributed by atoms with E-state index in [1.54, 1.807) is 0 Å². The van der Waals surface area contributed by atoms with E-state index in [1.807, 2.05) is 0 Å². The average molecular weight is 165 g/mol. The lowest BCUT2D eigenvalue weighted by Crippen LogP contribution is -2.18. The Hall–Kier alpha value is -0.300. The topological polar surface area (TPSA) is 12.0 Å². The monoisotopic (exact) mass is 165 g/mol. The van der Waals surface area contributed by atoms with Crippen LogP contribution in [-0.4, -0.2) is 13.1 Å². The van der Waals surface area contributed by atoms with Gasteiger partial charge in [0.25, 0.3) is 0 Å². The van der Waals surface area contributed by atoms with Gasteiger partial charge in [-0.3, -0.25) is 0 Å². The van der Waals surface area contributed by atoms with Gasteiger partial charge in [-0.1, -0.05) is 25.5 Å². The molecule has 1 saturated heterocycles. The molecule has 1 heterocycles. The molecule has 0 bridgehead atoms. The summed E-state index contributed by atoms with van der Waals surface area (Å²) in [6.07, 6.45) is 4.20. The third-order valence-corrected chi connectivity index (χ3v) is 3.53. The molecule has 0 aromatic carbocycles. The summed E-state index contributed by atoms with van der Waals surface area (Å²) in [5.74, 6) is 2.77. The van der Waals surface area contributed by atoms with E-state index in [9.17, 15) is 0 Å². The Bertz CT molecular complexity index is 185. The second-order valence-corrected chi connectivity index (χ2v) is 4.38. The second-order valence-electron chi connectivity index (χ2n) is 4.38. The minimum absolute atomic E-state index is 0.857. The lowest BCUT2D eigenvalue weighted by atomic mass is 10.1.